The molecule has 0 radical (unpaired) electrons. The number of rotatable bonds is 3. The van der Waals surface area contributed by atoms with E-state index >= 15 is 0 Å². The number of piperidine rings is 2. The Morgan fingerprint density at radius 1 is 1.28 bits per heavy atom. The topological polar surface area (TPSA) is 43.8 Å². The first-order valence-corrected chi connectivity index (χ1v) is 7.36. The Morgan fingerprint density at radius 3 is 2.56 bits per heavy atom. The van der Waals surface area contributed by atoms with Gasteiger partial charge >= 0.3 is 0 Å². The van der Waals surface area contributed by atoms with Crippen LogP contribution in [0.2, 0.25) is 0 Å². The number of hydrogen-bond acceptors (Lipinski definition) is 3. The minimum atomic E-state index is -0.184. The van der Waals surface area contributed by atoms with Crippen molar-refractivity contribution in [3.8, 4) is 0 Å². The summed E-state index contributed by atoms with van der Waals surface area (Å²) in [6.07, 6.45) is 5.37. The highest BCUT2D eigenvalue weighted by atomic mass is 16.3. The molecule has 2 aliphatic heterocycles. The van der Waals surface area contributed by atoms with Crippen molar-refractivity contribution in [3.63, 3.8) is 0 Å². The van der Waals surface area contributed by atoms with Crippen LogP contribution in [0.15, 0.2) is 0 Å². The summed E-state index contributed by atoms with van der Waals surface area (Å²) in [5.74, 6) is 1.18. The van der Waals surface area contributed by atoms with Gasteiger partial charge in [-0.25, -0.2) is 0 Å². The molecular formula is C14H24N2O2. The average molecular weight is 252 g/mol. The van der Waals surface area contributed by atoms with Gasteiger partial charge in [0.2, 0.25) is 5.91 Å². The first kappa shape index (κ1) is 12.4. The summed E-state index contributed by atoms with van der Waals surface area (Å²) < 4.78 is 0. The van der Waals surface area contributed by atoms with E-state index in [-0.39, 0.29) is 6.10 Å². The number of nitrogens with zero attached hydrogens (tertiary/aromatic N) is 2. The van der Waals surface area contributed by atoms with E-state index < -0.39 is 0 Å². The van der Waals surface area contributed by atoms with Gasteiger partial charge in [-0.15, -0.1) is 0 Å². The molecule has 0 aromatic rings. The molecule has 3 aliphatic rings. The van der Waals surface area contributed by atoms with Gasteiger partial charge in [-0.3, -0.25) is 9.69 Å². The Morgan fingerprint density at radius 2 is 2.00 bits per heavy atom. The number of amides is 1. The summed E-state index contributed by atoms with van der Waals surface area (Å²) in [6, 6.07) is 0.525. The van der Waals surface area contributed by atoms with E-state index in [1.165, 1.54) is 6.42 Å². The highest BCUT2D eigenvalue weighted by Gasteiger charge is 2.45. The molecule has 18 heavy (non-hydrogen) atoms. The molecular weight excluding hydrogens is 228 g/mol. The molecule has 1 saturated carbocycles. The number of hydrogen-bond donors (Lipinski definition) is 1. The lowest BCUT2D eigenvalue weighted by Gasteiger charge is -2.38. The number of aliphatic hydroxyl groups excluding tert-OH is 1. The smallest absolute Gasteiger partial charge is 0.227 e. The zero-order valence-electron chi connectivity index (χ0n) is 11.2. The zero-order chi connectivity index (χ0) is 12.7. The molecule has 0 spiro atoms. The lowest BCUT2D eigenvalue weighted by atomic mass is 9.92. The number of carbonyl (C=O) groups excluding carboxylic acids is 1. The third-order valence-corrected chi connectivity index (χ3v) is 5.14. The van der Waals surface area contributed by atoms with Gasteiger partial charge in [0.15, 0.2) is 0 Å². The van der Waals surface area contributed by atoms with Crippen LogP contribution in [-0.2, 0) is 4.79 Å². The van der Waals surface area contributed by atoms with Crippen LogP contribution >= 0.6 is 0 Å². The molecule has 1 amide bonds. The van der Waals surface area contributed by atoms with Crippen LogP contribution in [0.3, 0.4) is 0 Å². The molecule has 0 aromatic heterocycles. The second-order valence-electron chi connectivity index (χ2n) is 6.31. The van der Waals surface area contributed by atoms with Gasteiger partial charge in [0.1, 0.15) is 0 Å². The van der Waals surface area contributed by atoms with Crippen LogP contribution in [-0.4, -0.2) is 52.7 Å². The maximum Gasteiger partial charge on any atom is 0.227 e. The van der Waals surface area contributed by atoms with Crippen LogP contribution in [0.5, 0.6) is 0 Å². The fourth-order valence-electron chi connectivity index (χ4n) is 3.86. The van der Waals surface area contributed by atoms with Crippen LogP contribution in [0.25, 0.3) is 0 Å². The summed E-state index contributed by atoms with van der Waals surface area (Å²) in [5.41, 5.74) is 0. The molecule has 4 heteroatoms. The molecule has 1 aliphatic carbocycles. The van der Waals surface area contributed by atoms with Gasteiger partial charge in [0.05, 0.1) is 12.8 Å². The van der Waals surface area contributed by atoms with Crippen molar-refractivity contribution >= 4 is 5.91 Å². The van der Waals surface area contributed by atoms with Gasteiger partial charge in [-0.05, 0) is 44.9 Å². The molecule has 3 rings (SSSR count). The van der Waals surface area contributed by atoms with Gasteiger partial charge in [0, 0.05) is 25.0 Å². The quantitative estimate of drug-likeness (QED) is 0.816. The molecule has 2 saturated heterocycles. The van der Waals surface area contributed by atoms with Gasteiger partial charge in [-0.2, -0.15) is 0 Å². The summed E-state index contributed by atoms with van der Waals surface area (Å²) in [5, 5.41) is 9.59. The molecule has 102 valence electrons. The second kappa shape index (κ2) is 4.82. The molecule has 4 nitrogen and oxygen atoms in total. The van der Waals surface area contributed by atoms with Crippen LogP contribution in [0.4, 0.5) is 0 Å². The lowest BCUT2D eigenvalue weighted by molar-refractivity contribution is -0.136. The molecule has 2 heterocycles. The minimum absolute atomic E-state index is 0.184. The van der Waals surface area contributed by atoms with Crippen molar-refractivity contribution in [1.29, 1.82) is 0 Å². The van der Waals surface area contributed by atoms with Crippen LogP contribution < -0.4 is 0 Å². The number of aliphatic hydroxyl groups is 1. The summed E-state index contributed by atoms with van der Waals surface area (Å²) in [7, 11) is 0. The normalized spacial score (nSPS) is 35.4. The van der Waals surface area contributed by atoms with Gasteiger partial charge < -0.3 is 10.0 Å². The number of likely N-dealkylation sites (tertiary alicyclic amines) is 2. The molecule has 3 fully saturated rings. The highest BCUT2D eigenvalue weighted by Crippen LogP contribution is 2.38. The predicted molar refractivity (Wildman–Crippen MR) is 68.8 cm³/mol. The van der Waals surface area contributed by atoms with E-state index in [1.54, 1.807) is 0 Å². The fraction of sp³-hybridized carbons (Fsp3) is 0.929. The second-order valence-corrected chi connectivity index (χ2v) is 6.31. The lowest BCUT2D eigenvalue weighted by Crippen LogP contribution is -2.48. The van der Waals surface area contributed by atoms with Crippen molar-refractivity contribution in [2.45, 2.75) is 51.2 Å². The molecule has 1 N–H and O–H groups in total. The van der Waals surface area contributed by atoms with E-state index in [0.29, 0.717) is 23.8 Å². The summed E-state index contributed by atoms with van der Waals surface area (Å²) in [6.45, 7) is 4.77. The van der Waals surface area contributed by atoms with Crippen molar-refractivity contribution in [2.24, 2.45) is 11.8 Å². The maximum atomic E-state index is 12.1. The number of carbonyl (C=O) groups is 1. The Balaban J connectivity index is 1.51. The zero-order valence-corrected chi connectivity index (χ0v) is 11.2. The first-order valence-electron chi connectivity index (χ1n) is 7.36. The third-order valence-electron chi connectivity index (χ3n) is 5.14. The molecule has 3 unspecified atom stereocenters. The van der Waals surface area contributed by atoms with Gasteiger partial charge in [0.25, 0.3) is 0 Å². The standard InChI is InChI=1S/C14H24N2O2/c1-10(17)11-4-6-15(7-5-11)9-16-13-3-2-12(8-13)14(16)18/h10-13,17H,2-9H2,1H3. The monoisotopic (exact) mass is 252 g/mol. The SMILES string of the molecule is CC(O)C1CCN(CN2C(=O)C3CCC2C3)CC1. The molecule has 0 aromatic carbocycles. The van der Waals surface area contributed by atoms with E-state index in [0.717, 1.165) is 45.4 Å². The van der Waals surface area contributed by atoms with E-state index in [4.69, 9.17) is 0 Å². The molecule has 3 atom stereocenters. The van der Waals surface area contributed by atoms with Crippen molar-refractivity contribution in [3.05, 3.63) is 0 Å². The Labute approximate surface area is 109 Å². The number of fused-ring (bicyclic) bond motifs is 2. The fourth-order valence-corrected chi connectivity index (χ4v) is 3.86. The predicted octanol–water partition coefficient (Wildman–Crippen LogP) is 1.05. The Bertz CT molecular complexity index is 324. The van der Waals surface area contributed by atoms with E-state index in [2.05, 4.69) is 9.80 Å². The Kier molecular flexibility index (Phi) is 3.32. The third kappa shape index (κ3) is 2.16. The van der Waals surface area contributed by atoms with E-state index in [1.807, 2.05) is 6.92 Å². The van der Waals surface area contributed by atoms with Gasteiger partial charge in [-0.1, -0.05) is 0 Å². The summed E-state index contributed by atoms with van der Waals surface area (Å²) >= 11 is 0. The largest absolute Gasteiger partial charge is 0.393 e. The van der Waals surface area contributed by atoms with E-state index in [9.17, 15) is 9.90 Å². The Hall–Kier alpha value is -0.610. The summed E-state index contributed by atoms with van der Waals surface area (Å²) in [4.78, 5) is 16.6. The van der Waals surface area contributed by atoms with Crippen molar-refractivity contribution in [1.82, 2.24) is 9.80 Å². The van der Waals surface area contributed by atoms with Crippen LogP contribution in [0.1, 0.15) is 39.0 Å². The average Bonchev–Trinajstić information content (AvgIpc) is 2.94. The molecule has 2 bridgehead atoms. The van der Waals surface area contributed by atoms with Crippen molar-refractivity contribution < 1.29 is 9.90 Å². The highest BCUT2D eigenvalue weighted by molar-refractivity contribution is 5.82. The van der Waals surface area contributed by atoms with Crippen molar-refractivity contribution in [2.75, 3.05) is 19.8 Å². The first-order chi connectivity index (χ1) is 8.65. The minimum Gasteiger partial charge on any atom is -0.393 e. The van der Waals surface area contributed by atoms with Crippen LogP contribution in [0, 0.1) is 11.8 Å². The maximum absolute atomic E-state index is 12.1.